The van der Waals surface area contributed by atoms with Gasteiger partial charge in [-0.25, -0.2) is 4.79 Å². The Labute approximate surface area is 209 Å². The summed E-state index contributed by atoms with van der Waals surface area (Å²) in [6, 6.07) is 5.43. The SMILES string of the molecule is CCCCCNC(=O)C(c1ccc(C)cc1)N(CC)C(=O)C(CCC(N)=O)NC(=O)OC(C)(C)C. The van der Waals surface area contributed by atoms with Gasteiger partial charge in [-0.1, -0.05) is 49.6 Å². The molecule has 0 aliphatic heterocycles. The number of rotatable bonds is 13. The predicted octanol–water partition coefficient (Wildman–Crippen LogP) is 3.35. The summed E-state index contributed by atoms with van der Waals surface area (Å²) in [5.41, 5.74) is 6.21. The van der Waals surface area contributed by atoms with E-state index in [2.05, 4.69) is 17.6 Å². The average Bonchev–Trinajstić information content (AvgIpc) is 2.76. The topological polar surface area (TPSA) is 131 Å². The molecule has 9 heteroatoms. The number of hydrogen-bond donors (Lipinski definition) is 3. The second-order valence-corrected chi connectivity index (χ2v) is 9.64. The third-order valence-corrected chi connectivity index (χ3v) is 5.32. The van der Waals surface area contributed by atoms with E-state index in [9.17, 15) is 19.2 Å². The van der Waals surface area contributed by atoms with Crippen molar-refractivity contribution in [3.05, 3.63) is 35.4 Å². The number of unbranched alkanes of at least 4 members (excludes halogenated alkanes) is 2. The molecule has 1 aromatic rings. The Morgan fingerprint density at radius 2 is 1.69 bits per heavy atom. The number of nitrogens with two attached hydrogens (primary N) is 1. The van der Waals surface area contributed by atoms with Crippen molar-refractivity contribution in [2.45, 2.75) is 91.3 Å². The van der Waals surface area contributed by atoms with Crippen molar-refractivity contribution in [3.8, 4) is 0 Å². The van der Waals surface area contributed by atoms with Crippen molar-refractivity contribution >= 4 is 23.8 Å². The minimum Gasteiger partial charge on any atom is -0.444 e. The molecule has 35 heavy (non-hydrogen) atoms. The van der Waals surface area contributed by atoms with E-state index in [0.717, 1.165) is 24.8 Å². The highest BCUT2D eigenvalue weighted by Gasteiger charge is 2.35. The van der Waals surface area contributed by atoms with E-state index >= 15 is 0 Å². The summed E-state index contributed by atoms with van der Waals surface area (Å²) in [6.45, 7) is 11.6. The molecule has 4 amide bonds. The van der Waals surface area contributed by atoms with Crippen LogP contribution < -0.4 is 16.4 Å². The number of likely N-dealkylation sites (N-methyl/N-ethyl adjacent to an activating group) is 1. The molecule has 0 bridgehead atoms. The first kappa shape index (κ1) is 29.9. The fourth-order valence-electron chi connectivity index (χ4n) is 3.56. The summed E-state index contributed by atoms with van der Waals surface area (Å²) in [7, 11) is 0. The van der Waals surface area contributed by atoms with Crippen molar-refractivity contribution in [2.75, 3.05) is 13.1 Å². The van der Waals surface area contributed by atoms with Crippen LogP contribution in [0.2, 0.25) is 0 Å². The molecule has 2 atom stereocenters. The Morgan fingerprint density at radius 3 is 2.20 bits per heavy atom. The maximum atomic E-state index is 13.7. The quantitative estimate of drug-likeness (QED) is 0.365. The number of nitrogens with zero attached hydrogens (tertiary/aromatic N) is 1. The fraction of sp³-hybridized carbons (Fsp3) is 0.615. The molecule has 0 aliphatic carbocycles. The van der Waals surface area contributed by atoms with Crippen molar-refractivity contribution < 1.29 is 23.9 Å². The van der Waals surface area contributed by atoms with E-state index < -0.39 is 35.6 Å². The summed E-state index contributed by atoms with van der Waals surface area (Å²) in [5, 5.41) is 5.51. The number of carbonyl (C=O) groups excluding carboxylic acids is 4. The number of alkyl carbamates (subject to hydrolysis) is 1. The molecule has 196 valence electrons. The maximum Gasteiger partial charge on any atom is 0.408 e. The molecule has 0 aliphatic rings. The Bertz CT molecular complexity index is 848. The summed E-state index contributed by atoms with van der Waals surface area (Å²) < 4.78 is 5.30. The zero-order valence-electron chi connectivity index (χ0n) is 22.0. The van der Waals surface area contributed by atoms with Crippen LogP contribution in [-0.4, -0.2) is 53.4 Å². The van der Waals surface area contributed by atoms with Gasteiger partial charge in [0, 0.05) is 19.5 Å². The first-order chi connectivity index (χ1) is 16.4. The van der Waals surface area contributed by atoms with Gasteiger partial charge in [0.25, 0.3) is 0 Å². The lowest BCUT2D eigenvalue weighted by molar-refractivity contribution is -0.142. The number of ether oxygens (including phenoxy) is 1. The average molecular weight is 491 g/mol. The molecule has 0 saturated carbocycles. The van der Waals surface area contributed by atoms with Gasteiger partial charge in [0.2, 0.25) is 17.7 Å². The smallest absolute Gasteiger partial charge is 0.408 e. The van der Waals surface area contributed by atoms with Gasteiger partial charge in [0.15, 0.2) is 0 Å². The van der Waals surface area contributed by atoms with Crippen molar-refractivity contribution in [2.24, 2.45) is 5.73 Å². The third-order valence-electron chi connectivity index (χ3n) is 5.32. The molecular formula is C26H42N4O5. The van der Waals surface area contributed by atoms with E-state index in [1.807, 2.05) is 31.2 Å². The van der Waals surface area contributed by atoms with Gasteiger partial charge in [-0.05, 0) is 53.0 Å². The van der Waals surface area contributed by atoms with E-state index in [1.54, 1.807) is 27.7 Å². The monoisotopic (exact) mass is 490 g/mol. The number of nitrogens with one attached hydrogen (secondary N) is 2. The van der Waals surface area contributed by atoms with Gasteiger partial charge in [0.05, 0.1) is 0 Å². The summed E-state index contributed by atoms with van der Waals surface area (Å²) in [6.07, 6.45) is 1.94. The number of amides is 4. The highest BCUT2D eigenvalue weighted by molar-refractivity contribution is 5.92. The second kappa shape index (κ2) is 14.3. The molecule has 0 heterocycles. The minimum atomic E-state index is -1.09. The molecule has 4 N–H and O–H groups in total. The molecule has 0 spiro atoms. The first-order valence-corrected chi connectivity index (χ1v) is 12.3. The molecule has 0 saturated heterocycles. The van der Waals surface area contributed by atoms with Gasteiger partial charge < -0.3 is 26.0 Å². The van der Waals surface area contributed by atoms with Crippen LogP contribution in [0.15, 0.2) is 24.3 Å². The molecule has 0 fully saturated rings. The predicted molar refractivity (Wildman–Crippen MR) is 135 cm³/mol. The van der Waals surface area contributed by atoms with E-state index in [-0.39, 0.29) is 25.3 Å². The zero-order valence-corrected chi connectivity index (χ0v) is 22.0. The molecule has 0 aromatic heterocycles. The Hall–Kier alpha value is -3.10. The minimum absolute atomic E-state index is 0.0113. The van der Waals surface area contributed by atoms with Crippen LogP contribution in [0.3, 0.4) is 0 Å². The normalized spacial score (nSPS) is 12.9. The third kappa shape index (κ3) is 10.8. The molecule has 1 rings (SSSR count). The van der Waals surface area contributed by atoms with Crippen LogP contribution in [0.5, 0.6) is 0 Å². The molecule has 2 unspecified atom stereocenters. The molecular weight excluding hydrogens is 448 g/mol. The number of hydrogen-bond acceptors (Lipinski definition) is 5. The van der Waals surface area contributed by atoms with Crippen molar-refractivity contribution in [3.63, 3.8) is 0 Å². The van der Waals surface area contributed by atoms with E-state index in [0.29, 0.717) is 12.1 Å². The fourth-order valence-corrected chi connectivity index (χ4v) is 3.56. The second-order valence-electron chi connectivity index (χ2n) is 9.64. The lowest BCUT2D eigenvalue weighted by atomic mass is 10.0. The van der Waals surface area contributed by atoms with Crippen molar-refractivity contribution in [1.29, 1.82) is 0 Å². The van der Waals surface area contributed by atoms with Crippen LogP contribution >= 0.6 is 0 Å². The highest BCUT2D eigenvalue weighted by atomic mass is 16.6. The highest BCUT2D eigenvalue weighted by Crippen LogP contribution is 2.24. The van der Waals surface area contributed by atoms with Crippen LogP contribution in [0.4, 0.5) is 4.79 Å². The van der Waals surface area contributed by atoms with E-state index in [1.165, 1.54) is 4.90 Å². The summed E-state index contributed by atoms with van der Waals surface area (Å²) in [4.78, 5) is 52.3. The Balaban J connectivity index is 3.27. The van der Waals surface area contributed by atoms with Crippen LogP contribution in [-0.2, 0) is 19.1 Å². The summed E-state index contributed by atoms with van der Waals surface area (Å²) >= 11 is 0. The van der Waals surface area contributed by atoms with Crippen molar-refractivity contribution in [1.82, 2.24) is 15.5 Å². The lowest BCUT2D eigenvalue weighted by Gasteiger charge is -2.33. The van der Waals surface area contributed by atoms with Crippen LogP contribution in [0.1, 0.15) is 83.9 Å². The number of carbonyl (C=O) groups is 4. The van der Waals surface area contributed by atoms with Gasteiger partial charge in [-0.3, -0.25) is 14.4 Å². The largest absolute Gasteiger partial charge is 0.444 e. The number of aryl methyl sites for hydroxylation is 1. The number of primary amides is 1. The van der Waals surface area contributed by atoms with Crippen LogP contribution in [0.25, 0.3) is 0 Å². The standard InChI is InChI=1S/C26H42N4O5/c1-7-9-10-17-28-23(32)22(19-13-11-18(3)12-14-19)30(8-2)24(33)20(15-16-21(27)31)29-25(34)35-26(4,5)6/h11-14,20,22H,7-10,15-17H2,1-6H3,(H2,27,31)(H,28,32)(H,29,34). The van der Waals surface area contributed by atoms with Gasteiger partial charge >= 0.3 is 6.09 Å². The zero-order chi connectivity index (χ0) is 26.6. The van der Waals surface area contributed by atoms with E-state index in [4.69, 9.17) is 10.5 Å². The lowest BCUT2D eigenvalue weighted by Crippen LogP contribution is -2.53. The van der Waals surface area contributed by atoms with Gasteiger partial charge in [-0.15, -0.1) is 0 Å². The van der Waals surface area contributed by atoms with Crippen LogP contribution in [0, 0.1) is 6.92 Å². The Morgan fingerprint density at radius 1 is 1.06 bits per heavy atom. The first-order valence-electron chi connectivity index (χ1n) is 12.3. The molecule has 0 radical (unpaired) electrons. The maximum absolute atomic E-state index is 13.7. The summed E-state index contributed by atoms with van der Waals surface area (Å²) in [5.74, 6) is -1.39. The Kier molecular flexibility index (Phi) is 12.3. The van der Waals surface area contributed by atoms with Gasteiger partial charge in [-0.2, -0.15) is 0 Å². The van der Waals surface area contributed by atoms with Gasteiger partial charge in [0.1, 0.15) is 17.7 Å². The number of benzene rings is 1. The molecule has 1 aromatic carbocycles. The molecule has 9 nitrogen and oxygen atoms in total.